The summed E-state index contributed by atoms with van der Waals surface area (Å²) in [5.74, 6) is -0.783. The van der Waals surface area contributed by atoms with Crippen LogP contribution in [0.3, 0.4) is 0 Å². The lowest BCUT2D eigenvalue weighted by Gasteiger charge is -2.52. The van der Waals surface area contributed by atoms with Crippen molar-refractivity contribution in [3.63, 3.8) is 0 Å². The van der Waals surface area contributed by atoms with Crippen LogP contribution in [0.2, 0.25) is 0 Å². The van der Waals surface area contributed by atoms with Gasteiger partial charge >= 0.3 is 0 Å². The standard InChI is InChI=1S/C13H15N3O4/c17-8-1-3-16-10(11(8)18)12(19)15-4-2-13(6-20-7-13)5-9(15)14-16/h1,3,9,14,18H,2,4-7H2. The third kappa shape index (κ3) is 1.44. The maximum absolute atomic E-state index is 12.5. The van der Waals surface area contributed by atoms with Gasteiger partial charge in [0, 0.05) is 24.2 Å². The Hall–Kier alpha value is -2.02. The summed E-state index contributed by atoms with van der Waals surface area (Å²) in [4.78, 5) is 25.6. The molecule has 7 nitrogen and oxygen atoms in total. The Bertz CT molecular complexity index is 650. The fraction of sp³-hybridized carbons (Fsp3) is 0.538. The van der Waals surface area contributed by atoms with Crippen molar-refractivity contribution >= 4 is 5.91 Å². The van der Waals surface area contributed by atoms with Crippen molar-refractivity contribution in [2.24, 2.45) is 5.41 Å². The fourth-order valence-corrected chi connectivity index (χ4v) is 3.28. The molecule has 1 aromatic heterocycles. The lowest BCUT2D eigenvalue weighted by molar-refractivity contribution is -0.145. The van der Waals surface area contributed by atoms with Gasteiger partial charge in [-0.1, -0.05) is 0 Å². The number of piperidine rings is 1. The number of carbonyl (C=O) groups is 1. The topological polar surface area (TPSA) is 83.8 Å². The van der Waals surface area contributed by atoms with E-state index in [0.717, 1.165) is 26.1 Å². The molecule has 1 unspecified atom stereocenters. The smallest absolute Gasteiger partial charge is 0.278 e. The van der Waals surface area contributed by atoms with Crippen LogP contribution in [0.15, 0.2) is 17.1 Å². The number of ether oxygens (including phenoxy) is 1. The van der Waals surface area contributed by atoms with Crippen molar-refractivity contribution in [2.45, 2.75) is 19.0 Å². The summed E-state index contributed by atoms with van der Waals surface area (Å²) < 4.78 is 6.76. The molecule has 4 rings (SSSR count). The molecule has 1 spiro atoms. The van der Waals surface area contributed by atoms with E-state index >= 15 is 0 Å². The van der Waals surface area contributed by atoms with Gasteiger partial charge in [0.25, 0.3) is 5.91 Å². The number of amides is 1. The summed E-state index contributed by atoms with van der Waals surface area (Å²) in [6.07, 6.45) is 3.10. The maximum atomic E-state index is 12.5. The van der Waals surface area contributed by atoms with E-state index < -0.39 is 11.2 Å². The van der Waals surface area contributed by atoms with Crippen molar-refractivity contribution < 1.29 is 14.6 Å². The lowest BCUT2D eigenvalue weighted by Crippen LogP contribution is -2.62. The first-order valence-electron chi connectivity index (χ1n) is 6.70. The summed E-state index contributed by atoms with van der Waals surface area (Å²) in [5, 5.41) is 9.82. The quantitative estimate of drug-likeness (QED) is 0.679. The van der Waals surface area contributed by atoms with Crippen molar-refractivity contribution in [3.05, 3.63) is 28.2 Å². The van der Waals surface area contributed by atoms with Gasteiger partial charge in [-0.2, -0.15) is 0 Å². The highest BCUT2D eigenvalue weighted by molar-refractivity contribution is 5.96. The average molecular weight is 277 g/mol. The Kier molecular flexibility index (Phi) is 2.21. The number of fused-ring (bicyclic) bond motifs is 2. The highest BCUT2D eigenvalue weighted by Crippen LogP contribution is 2.42. The van der Waals surface area contributed by atoms with Gasteiger partial charge in [-0.15, -0.1) is 0 Å². The zero-order chi connectivity index (χ0) is 13.9. The van der Waals surface area contributed by atoms with Gasteiger partial charge in [0.15, 0.2) is 11.4 Å². The van der Waals surface area contributed by atoms with Crippen molar-refractivity contribution in [1.82, 2.24) is 9.58 Å². The SMILES string of the molecule is O=C1c2c(O)c(=O)ccn2NC2CC3(CCN12)COC3. The van der Waals surface area contributed by atoms with Crippen molar-refractivity contribution in [3.8, 4) is 5.75 Å². The molecule has 0 saturated carbocycles. The first-order chi connectivity index (χ1) is 9.60. The first-order valence-corrected chi connectivity index (χ1v) is 6.70. The second-order valence-corrected chi connectivity index (χ2v) is 5.84. The number of hydrogen-bond donors (Lipinski definition) is 2. The predicted octanol–water partition coefficient (Wildman–Crippen LogP) is -0.310. The lowest BCUT2D eigenvalue weighted by atomic mass is 9.75. The number of nitrogens with one attached hydrogen (secondary N) is 1. The van der Waals surface area contributed by atoms with Crippen LogP contribution < -0.4 is 10.9 Å². The van der Waals surface area contributed by atoms with E-state index in [1.807, 2.05) is 0 Å². The Morgan fingerprint density at radius 2 is 2.20 bits per heavy atom. The van der Waals surface area contributed by atoms with E-state index in [9.17, 15) is 14.7 Å². The molecule has 2 saturated heterocycles. The fourth-order valence-electron chi connectivity index (χ4n) is 3.28. The summed E-state index contributed by atoms with van der Waals surface area (Å²) in [6, 6.07) is 1.25. The number of hydrogen-bond acceptors (Lipinski definition) is 5. The van der Waals surface area contributed by atoms with E-state index in [1.165, 1.54) is 16.9 Å². The zero-order valence-corrected chi connectivity index (χ0v) is 10.8. The summed E-state index contributed by atoms with van der Waals surface area (Å²) in [5.41, 5.74) is 2.85. The van der Waals surface area contributed by atoms with Gasteiger partial charge in [0.05, 0.1) is 13.2 Å². The van der Waals surface area contributed by atoms with Crippen LogP contribution in [0.4, 0.5) is 0 Å². The molecule has 2 N–H and O–H groups in total. The first kappa shape index (κ1) is 11.8. The maximum Gasteiger partial charge on any atom is 0.278 e. The van der Waals surface area contributed by atoms with Crippen LogP contribution in [0.25, 0.3) is 0 Å². The van der Waals surface area contributed by atoms with Crippen LogP contribution >= 0.6 is 0 Å². The highest BCUT2D eigenvalue weighted by atomic mass is 16.5. The molecule has 7 heteroatoms. The van der Waals surface area contributed by atoms with Gasteiger partial charge in [-0.05, 0) is 12.8 Å². The van der Waals surface area contributed by atoms with E-state index in [2.05, 4.69) is 5.43 Å². The van der Waals surface area contributed by atoms with Gasteiger partial charge in [0.1, 0.15) is 6.17 Å². The monoisotopic (exact) mass is 277 g/mol. The molecule has 1 amide bonds. The number of nitrogens with zero attached hydrogens (tertiary/aromatic N) is 2. The van der Waals surface area contributed by atoms with Gasteiger partial charge in [0.2, 0.25) is 5.43 Å². The highest BCUT2D eigenvalue weighted by Gasteiger charge is 2.48. The molecule has 3 aliphatic heterocycles. The molecule has 20 heavy (non-hydrogen) atoms. The number of carbonyl (C=O) groups excluding carboxylic acids is 1. The van der Waals surface area contributed by atoms with Crippen LogP contribution in [0.1, 0.15) is 23.3 Å². The van der Waals surface area contributed by atoms with Crippen molar-refractivity contribution in [2.75, 3.05) is 25.2 Å². The Balaban J connectivity index is 1.73. The summed E-state index contributed by atoms with van der Waals surface area (Å²) in [7, 11) is 0. The number of aromatic nitrogens is 1. The van der Waals surface area contributed by atoms with E-state index in [4.69, 9.17) is 4.74 Å². The minimum atomic E-state index is -0.536. The van der Waals surface area contributed by atoms with Crippen LogP contribution in [0.5, 0.6) is 5.75 Å². The van der Waals surface area contributed by atoms with Crippen molar-refractivity contribution in [1.29, 1.82) is 0 Å². The normalized spacial score (nSPS) is 26.5. The minimum Gasteiger partial charge on any atom is -0.502 e. The molecular formula is C13H15N3O4. The zero-order valence-electron chi connectivity index (χ0n) is 10.8. The second kappa shape index (κ2) is 3.76. The predicted molar refractivity (Wildman–Crippen MR) is 69.0 cm³/mol. The van der Waals surface area contributed by atoms with E-state index in [1.54, 1.807) is 4.90 Å². The summed E-state index contributed by atoms with van der Waals surface area (Å²) >= 11 is 0. The third-order valence-corrected chi connectivity index (χ3v) is 4.53. The Morgan fingerprint density at radius 3 is 2.90 bits per heavy atom. The molecule has 1 atom stereocenters. The van der Waals surface area contributed by atoms with E-state index in [0.29, 0.717) is 6.54 Å². The molecule has 3 aliphatic rings. The molecule has 1 aromatic rings. The molecule has 4 heterocycles. The molecule has 0 aromatic carbocycles. The number of rotatable bonds is 0. The van der Waals surface area contributed by atoms with Gasteiger partial charge < -0.3 is 20.2 Å². The molecular weight excluding hydrogens is 262 g/mol. The Morgan fingerprint density at radius 1 is 1.40 bits per heavy atom. The minimum absolute atomic E-state index is 0.0227. The molecule has 0 bridgehead atoms. The number of aromatic hydroxyl groups is 1. The van der Waals surface area contributed by atoms with Crippen LogP contribution in [-0.4, -0.2) is 46.5 Å². The molecule has 2 fully saturated rings. The second-order valence-electron chi connectivity index (χ2n) is 5.84. The largest absolute Gasteiger partial charge is 0.502 e. The van der Waals surface area contributed by atoms with Gasteiger partial charge in [-0.25, -0.2) is 0 Å². The van der Waals surface area contributed by atoms with Crippen LogP contribution in [-0.2, 0) is 4.74 Å². The molecule has 0 aliphatic carbocycles. The van der Waals surface area contributed by atoms with Crippen LogP contribution in [0, 0.1) is 5.41 Å². The average Bonchev–Trinajstić information content (AvgIpc) is 2.41. The Labute approximate surface area is 114 Å². The third-order valence-electron chi connectivity index (χ3n) is 4.53. The molecule has 0 radical (unpaired) electrons. The molecule has 106 valence electrons. The summed E-state index contributed by atoms with van der Waals surface area (Å²) in [6.45, 7) is 2.10. The number of pyridine rings is 1. The van der Waals surface area contributed by atoms with Gasteiger partial charge in [-0.3, -0.25) is 14.3 Å². The van der Waals surface area contributed by atoms with E-state index in [-0.39, 0.29) is 23.2 Å².